The van der Waals surface area contributed by atoms with Crippen LogP contribution in [0.15, 0.2) is 40.2 Å². The normalized spacial score (nSPS) is 18.6. The van der Waals surface area contributed by atoms with Crippen LogP contribution in [0.3, 0.4) is 0 Å². The summed E-state index contributed by atoms with van der Waals surface area (Å²) in [6.45, 7) is 0. The van der Waals surface area contributed by atoms with Crippen LogP contribution in [0.1, 0.15) is 10.3 Å². The van der Waals surface area contributed by atoms with E-state index in [0.29, 0.717) is 5.75 Å². The second kappa shape index (κ2) is 5.79. The molecular formula is C14H12BrNO2S2. The Hall–Kier alpha value is -0.980. The largest absolute Gasteiger partial charge is 0.497 e. The van der Waals surface area contributed by atoms with Gasteiger partial charge in [0.15, 0.2) is 0 Å². The average Bonchev–Trinajstić information content (AvgIpc) is 3.05. The lowest BCUT2D eigenvalue weighted by atomic mass is 10.2. The van der Waals surface area contributed by atoms with E-state index in [2.05, 4.69) is 22.0 Å². The number of ether oxygens (including phenoxy) is 1. The number of anilines is 1. The van der Waals surface area contributed by atoms with E-state index < -0.39 is 0 Å². The molecular weight excluding hydrogens is 358 g/mol. The summed E-state index contributed by atoms with van der Waals surface area (Å²) >= 11 is 6.81. The van der Waals surface area contributed by atoms with Gasteiger partial charge in [-0.25, -0.2) is 0 Å². The summed E-state index contributed by atoms with van der Waals surface area (Å²) in [5, 5.41) is 0.0622. The molecule has 1 aliphatic heterocycles. The fourth-order valence-electron chi connectivity index (χ4n) is 2.12. The summed E-state index contributed by atoms with van der Waals surface area (Å²) in [6, 6.07) is 11.7. The standard InChI is InChI=1S/C14H12BrNO2S2/c1-18-10-4-2-9(3-5-10)16-13(17)8-19-14(16)11-6-7-12(15)20-11/h2-7,14H,8H2,1H3. The zero-order chi connectivity index (χ0) is 14.1. The van der Waals surface area contributed by atoms with E-state index in [0.717, 1.165) is 15.2 Å². The van der Waals surface area contributed by atoms with Gasteiger partial charge in [0, 0.05) is 10.6 Å². The average molecular weight is 370 g/mol. The van der Waals surface area contributed by atoms with Crippen molar-refractivity contribution in [2.75, 3.05) is 17.8 Å². The van der Waals surface area contributed by atoms with Gasteiger partial charge in [-0.05, 0) is 52.3 Å². The fraction of sp³-hybridized carbons (Fsp3) is 0.214. The number of hydrogen-bond donors (Lipinski definition) is 0. The summed E-state index contributed by atoms with van der Waals surface area (Å²) in [5.41, 5.74) is 0.912. The molecule has 0 radical (unpaired) electrons. The molecule has 2 aromatic rings. The van der Waals surface area contributed by atoms with Gasteiger partial charge in [0.2, 0.25) is 5.91 Å². The van der Waals surface area contributed by atoms with Crippen molar-refractivity contribution in [1.82, 2.24) is 0 Å². The number of halogens is 1. The predicted octanol–water partition coefficient (Wildman–Crippen LogP) is 4.30. The van der Waals surface area contributed by atoms with E-state index in [1.54, 1.807) is 30.2 Å². The van der Waals surface area contributed by atoms with Crippen molar-refractivity contribution in [2.24, 2.45) is 0 Å². The SMILES string of the molecule is COc1ccc(N2C(=O)CSC2c2ccc(Br)s2)cc1. The van der Waals surface area contributed by atoms with E-state index in [-0.39, 0.29) is 11.3 Å². The van der Waals surface area contributed by atoms with Crippen LogP contribution < -0.4 is 9.64 Å². The smallest absolute Gasteiger partial charge is 0.238 e. The van der Waals surface area contributed by atoms with Gasteiger partial charge < -0.3 is 4.74 Å². The molecule has 1 unspecified atom stereocenters. The van der Waals surface area contributed by atoms with Gasteiger partial charge >= 0.3 is 0 Å². The maximum Gasteiger partial charge on any atom is 0.238 e. The molecule has 0 N–H and O–H groups in total. The molecule has 1 aromatic carbocycles. The van der Waals surface area contributed by atoms with E-state index >= 15 is 0 Å². The van der Waals surface area contributed by atoms with Gasteiger partial charge in [-0.3, -0.25) is 9.69 Å². The minimum absolute atomic E-state index is 0.0622. The summed E-state index contributed by atoms with van der Waals surface area (Å²) < 4.78 is 6.25. The van der Waals surface area contributed by atoms with E-state index in [9.17, 15) is 4.79 Å². The van der Waals surface area contributed by atoms with E-state index in [1.807, 2.05) is 35.2 Å². The number of carbonyl (C=O) groups is 1. The van der Waals surface area contributed by atoms with Crippen molar-refractivity contribution in [3.8, 4) is 5.75 Å². The molecule has 1 saturated heterocycles. The highest BCUT2D eigenvalue weighted by Gasteiger charge is 2.34. The lowest BCUT2D eigenvalue weighted by molar-refractivity contribution is -0.115. The summed E-state index contributed by atoms with van der Waals surface area (Å²) in [6.07, 6.45) is 0. The van der Waals surface area contributed by atoms with Crippen molar-refractivity contribution in [3.05, 3.63) is 45.1 Å². The van der Waals surface area contributed by atoms with E-state index in [4.69, 9.17) is 4.74 Å². The van der Waals surface area contributed by atoms with Crippen LogP contribution in [-0.4, -0.2) is 18.8 Å². The van der Waals surface area contributed by atoms with Gasteiger partial charge in [0.25, 0.3) is 0 Å². The molecule has 1 atom stereocenters. The highest BCUT2D eigenvalue weighted by molar-refractivity contribution is 9.11. The molecule has 1 fully saturated rings. The van der Waals surface area contributed by atoms with Crippen LogP contribution in [0.2, 0.25) is 0 Å². The molecule has 1 aromatic heterocycles. The van der Waals surface area contributed by atoms with Crippen molar-refractivity contribution in [2.45, 2.75) is 5.37 Å². The molecule has 0 spiro atoms. The molecule has 1 amide bonds. The number of benzene rings is 1. The van der Waals surface area contributed by atoms with Crippen LogP contribution in [0.5, 0.6) is 5.75 Å². The second-order valence-electron chi connectivity index (χ2n) is 4.27. The second-order valence-corrected chi connectivity index (χ2v) is 7.83. The molecule has 3 nitrogen and oxygen atoms in total. The molecule has 3 rings (SSSR count). The molecule has 20 heavy (non-hydrogen) atoms. The summed E-state index contributed by atoms with van der Waals surface area (Å²) in [7, 11) is 1.64. The van der Waals surface area contributed by atoms with Gasteiger partial charge in [-0.15, -0.1) is 23.1 Å². The fourth-order valence-corrected chi connectivity index (χ4v) is 4.93. The first-order valence-electron chi connectivity index (χ1n) is 6.02. The van der Waals surface area contributed by atoms with Crippen LogP contribution >= 0.6 is 39.0 Å². The first-order chi connectivity index (χ1) is 9.69. The third-order valence-corrected chi connectivity index (χ3v) is 6.08. The lowest BCUT2D eigenvalue weighted by Gasteiger charge is -2.23. The van der Waals surface area contributed by atoms with Gasteiger partial charge in [0.05, 0.1) is 16.6 Å². The number of methoxy groups -OCH3 is 1. The highest BCUT2D eigenvalue weighted by Crippen LogP contribution is 2.44. The summed E-state index contributed by atoms with van der Waals surface area (Å²) in [5.74, 6) is 1.46. The Morgan fingerprint density at radius 2 is 2.00 bits per heavy atom. The van der Waals surface area contributed by atoms with E-state index in [1.165, 1.54) is 4.88 Å². The zero-order valence-corrected chi connectivity index (χ0v) is 13.9. The monoisotopic (exact) mass is 369 g/mol. The molecule has 6 heteroatoms. The molecule has 104 valence electrons. The van der Waals surface area contributed by atoms with Crippen LogP contribution in [0, 0.1) is 0 Å². The quantitative estimate of drug-likeness (QED) is 0.807. The Balaban J connectivity index is 1.93. The molecule has 2 heterocycles. The minimum atomic E-state index is 0.0622. The maximum absolute atomic E-state index is 12.2. The molecule has 0 saturated carbocycles. The van der Waals surface area contributed by atoms with Crippen LogP contribution in [-0.2, 0) is 4.79 Å². The van der Waals surface area contributed by atoms with Gasteiger partial charge in [-0.2, -0.15) is 0 Å². The van der Waals surface area contributed by atoms with Crippen molar-refractivity contribution < 1.29 is 9.53 Å². The number of rotatable bonds is 3. The zero-order valence-electron chi connectivity index (χ0n) is 10.7. The number of carbonyl (C=O) groups excluding carboxylic acids is 1. The number of thiophene rings is 1. The van der Waals surface area contributed by atoms with Crippen LogP contribution in [0.25, 0.3) is 0 Å². The minimum Gasteiger partial charge on any atom is -0.497 e. The summed E-state index contributed by atoms with van der Waals surface area (Å²) in [4.78, 5) is 15.2. The van der Waals surface area contributed by atoms with Gasteiger partial charge in [0.1, 0.15) is 11.1 Å². The molecule has 0 aliphatic carbocycles. The Morgan fingerprint density at radius 1 is 1.25 bits per heavy atom. The topological polar surface area (TPSA) is 29.5 Å². The molecule has 1 aliphatic rings. The van der Waals surface area contributed by atoms with Crippen molar-refractivity contribution in [3.63, 3.8) is 0 Å². The van der Waals surface area contributed by atoms with Gasteiger partial charge in [-0.1, -0.05) is 0 Å². The number of amides is 1. The number of hydrogen-bond acceptors (Lipinski definition) is 4. The van der Waals surface area contributed by atoms with Crippen LogP contribution in [0.4, 0.5) is 5.69 Å². The molecule has 0 bridgehead atoms. The maximum atomic E-state index is 12.2. The van der Waals surface area contributed by atoms with Crippen molar-refractivity contribution >= 4 is 50.6 Å². The number of thioether (sulfide) groups is 1. The first-order valence-corrected chi connectivity index (χ1v) is 8.68. The number of nitrogens with zero attached hydrogens (tertiary/aromatic N) is 1. The lowest BCUT2D eigenvalue weighted by Crippen LogP contribution is -2.27. The predicted molar refractivity (Wildman–Crippen MR) is 87.7 cm³/mol. The first kappa shape index (κ1) is 14.0. The Bertz CT molecular complexity index is 626. The van der Waals surface area contributed by atoms with Crippen molar-refractivity contribution in [1.29, 1.82) is 0 Å². The third-order valence-electron chi connectivity index (χ3n) is 3.06. The third kappa shape index (κ3) is 2.60. The Morgan fingerprint density at radius 3 is 2.60 bits per heavy atom. The Labute approximate surface area is 134 Å². The Kier molecular flexibility index (Phi) is 4.05. The highest BCUT2D eigenvalue weighted by atomic mass is 79.9.